The van der Waals surface area contributed by atoms with Crippen molar-refractivity contribution in [2.45, 2.75) is 115 Å². The first-order valence-electron chi connectivity index (χ1n) is 17.0. The predicted molar refractivity (Wildman–Crippen MR) is 201 cm³/mol. The van der Waals surface area contributed by atoms with E-state index in [0.717, 1.165) is 40.2 Å². The van der Waals surface area contributed by atoms with Crippen LogP contribution in [0.2, 0.25) is 0 Å². The van der Waals surface area contributed by atoms with Gasteiger partial charge < -0.3 is 5.32 Å². The van der Waals surface area contributed by atoms with E-state index in [0.29, 0.717) is 17.8 Å². The Labute approximate surface area is 272 Å². The van der Waals surface area contributed by atoms with Crippen molar-refractivity contribution in [3.8, 4) is 0 Å². The number of nitrogens with zero attached hydrogens (tertiary/aromatic N) is 1. The molecular weight excluding hydrogens is 532 g/mol. The van der Waals surface area contributed by atoms with Gasteiger partial charge in [-0.15, -0.1) is 6.58 Å². The molecule has 2 nitrogen and oxygen atoms in total. The van der Waals surface area contributed by atoms with Crippen LogP contribution < -0.4 is 5.32 Å². The Balaban J connectivity index is 0.000000692. The van der Waals surface area contributed by atoms with E-state index in [4.69, 9.17) is 4.99 Å². The van der Waals surface area contributed by atoms with Gasteiger partial charge >= 0.3 is 0 Å². The van der Waals surface area contributed by atoms with E-state index in [1.807, 2.05) is 27.7 Å². The Morgan fingerprint density at radius 2 is 1.41 bits per heavy atom. The molecule has 2 unspecified atom stereocenters. The summed E-state index contributed by atoms with van der Waals surface area (Å²) in [6, 6.07) is 15.4. The highest BCUT2D eigenvalue weighted by Crippen LogP contribution is 2.36. The van der Waals surface area contributed by atoms with E-state index in [1.165, 1.54) is 48.0 Å². The van der Waals surface area contributed by atoms with Crippen molar-refractivity contribution in [2.24, 2.45) is 28.7 Å². The van der Waals surface area contributed by atoms with Crippen LogP contribution in [0.1, 0.15) is 124 Å². The van der Waals surface area contributed by atoms with Gasteiger partial charge in [-0.3, -0.25) is 4.99 Å². The molecule has 2 aliphatic carbocycles. The smallest absolute Gasteiger partial charge is 0.0665 e. The standard InChI is InChI=1S/C30H36N2.C6H14.C4H8.C2H6/c1-20-13-14-27(26-11-6-7-12-26)19-29(20)32-23(4)25-15-17-28(18-16-25)31-24(5)30-21(2)9-8-10-22(30)3;1-5(2)6(3)4;1-4(2)3;1-2/h8-10,13-19,21,26,30-31H,5-7,11-12H2,1-4H3;5-6H,1-4H3;1H2,2-3H3;1-2H3. The summed E-state index contributed by atoms with van der Waals surface area (Å²) in [6.07, 6.45) is 11.9. The number of allylic oxidation sites excluding steroid dienone is 5. The molecule has 1 fully saturated rings. The topological polar surface area (TPSA) is 24.4 Å². The highest BCUT2D eigenvalue weighted by molar-refractivity contribution is 6.00. The minimum atomic E-state index is 0.332. The van der Waals surface area contributed by atoms with Gasteiger partial charge in [0.1, 0.15) is 0 Å². The number of hydrogen-bond acceptors (Lipinski definition) is 2. The van der Waals surface area contributed by atoms with E-state index in [-0.39, 0.29) is 0 Å². The second-order valence-corrected chi connectivity index (χ2v) is 13.3. The molecule has 2 aromatic rings. The lowest BCUT2D eigenvalue weighted by Gasteiger charge is -2.28. The summed E-state index contributed by atoms with van der Waals surface area (Å²) in [5.74, 6) is 3.20. The normalized spacial score (nSPS) is 17.9. The van der Waals surface area contributed by atoms with Gasteiger partial charge in [0, 0.05) is 23.0 Å². The molecular formula is C42H64N2. The molecule has 0 saturated heterocycles. The summed E-state index contributed by atoms with van der Waals surface area (Å²) in [6.45, 7) is 33.5. The van der Waals surface area contributed by atoms with Crippen LogP contribution in [0.5, 0.6) is 0 Å². The van der Waals surface area contributed by atoms with Crippen LogP contribution in [-0.2, 0) is 0 Å². The molecule has 0 spiro atoms. The van der Waals surface area contributed by atoms with E-state index >= 15 is 0 Å². The third kappa shape index (κ3) is 13.2. The number of rotatable bonds is 7. The summed E-state index contributed by atoms with van der Waals surface area (Å²) < 4.78 is 0. The maximum atomic E-state index is 5.01. The molecule has 0 bridgehead atoms. The number of benzene rings is 2. The molecule has 0 aliphatic heterocycles. The van der Waals surface area contributed by atoms with Gasteiger partial charge in [0.25, 0.3) is 0 Å². The van der Waals surface area contributed by atoms with Gasteiger partial charge in [0.05, 0.1) is 5.69 Å². The quantitative estimate of drug-likeness (QED) is 0.249. The van der Waals surface area contributed by atoms with Crippen LogP contribution in [0.4, 0.5) is 11.4 Å². The average Bonchev–Trinajstić information content (AvgIpc) is 3.51. The fraction of sp³-hybridized carbons (Fsp3) is 0.500. The molecule has 0 radical (unpaired) electrons. The van der Waals surface area contributed by atoms with Crippen molar-refractivity contribution in [3.05, 3.63) is 107 Å². The maximum Gasteiger partial charge on any atom is 0.0665 e. The number of nitrogens with one attached hydrogen (secondary N) is 1. The molecule has 2 heteroatoms. The first kappa shape index (κ1) is 38.9. The number of aryl methyl sites for hydroxylation is 1. The lowest BCUT2D eigenvalue weighted by atomic mass is 9.82. The summed E-state index contributed by atoms with van der Waals surface area (Å²) in [5.41, 5.74) is 10.6. The minimum absolute atomic E-state index is 0.332. The maximum absolute atomic E-state index is 5.01. The van der Waals surface area contributed by atoms with Crippen LogP contribution >= 0.6 is 0 Å². The van der Waals surface area contributed by atoms with Gasteiger partial charge in [0.2, 0.25) is 0 Å². The Kier molecular flexibility index (Phi) is 17.7. The van der Waals surface area contributed by atoms with Crippen molar-refractivity contribution in [2.75, 3.05) is 5.32 Å². The Hall–Kier alpha value is -3.13. The van der Waals surface area contributed by atoms with E-state index in [9.17, 15) is 0 Å². The molecule has 0 heterocycles. The minimum Gasteiger partial charge on any atom is -0.359 e. The van der Waals surface area contributed by atoms with Gasteiger partial charge in [-0.2, -0.15) is 0 Å². The number of aliphatic imine (C=N–C) groups is 1. The Morgan fingerprint density at radius 1 is 0.864 bits per heavy atom. The molecule has 242 valence electrons. The van der Waals surface area contributed by atoms with Crippen molar-refractivity contribution in [3.63, 3.8) is 0 Å². The van der Waals surface area contributed by atoms with E-state index < -0.39 is 0 Å². The second-order valence-electron chi connectivity index (χ2n) is 13.3. The average molecular weight is 597 g/mol. The second kappa shape index (κ2) is 20.0. The van der Waals surface area contributed by atoms with Gasteiger partial charge in [0.15, 0.2) is 0 Å². The largest absolute Gasteiger partial charge is 0.359 e. The van der Waals surface area contributed by atoms with Crippen molar-refractivity contribution in [1.82, 2.24) is 0 Å². The van der Waals surface area contributed by atoms with E-state index in [2.05, 4.69) is 135 Å². The van der Waals surface area contributed by atoms with E-state index in [1.54, 1.807) is 0 Å². The lowest BCUT2D eigenvalue weighted by Crippen LogP contribution is -2.20. The number of anilines is 1. The van der Waals surface area contributed by atoms with Crippen LogP contribution in [0, 0.1) is 30.6 Å². The van der Waals surface area contributed by atoms with Gasteiger partial charge in [-0.05, 0) is 106 Å². The Morgan fingerprint density at radius 3 is 1.91 bits per heavy atom. The third-order valence-electron chi connectivity index (χ3n) is 8.45. The summed E-state index contributed by atoms with van der Waals surface area (Å²) in [4.78, 5) is 5.01. The predicted octanol–water partition coefficient (Wildman–Crippen LogP) is 13.4. The molecule has 2 atom stereocenters. The van der Waals surface area contributed by atoms with Gasteiger partial charge in [-0.25, -0.2) is 0 Å². The molecule has 0 aromatic heterocycles. The summed E-state index contributed by atoms with van der Waals surface area (Å²) in [7, 11) is 0. The molecule has 44 heavy (non-hydrogen) atoms. The van der Waals surface area contributed by atoms with Crippen LogP contribution in [0.3, 0.4) is 0 Å². The van der Waals surface area contributed by atoms with Crippen LogP contribution in [0.15, 0.2) is 95.7 Å². The fourth-order valence-corrected chi connectivity index (χ4v) is 5.17. The first-order valence-corrected chi connectivity index (χ1v) is 17.0. The highest BCUT2D eigenvalue weighted by Gasteiger charge is 2.22. The van der Waals surface area contributed by atoms with Crippen LogP contribution in [0.25, 0.3) is 0 Å². The lowest BCUT2D eigenvalue weighted by molar-refractivity contribution is 0.457. The fourth-order valence-electron chi connectivity index (χ4n) is 5.17. The Bertz CT molecular complexity index is 1240. The molecule has 1 saturated carbocycles. The summed E-state index contributed by atoms with van der Waals surface area (Å²) >= 11 is 0. The molecule has 1 N–H and O–H groups in total. The zero-order valence-corrected chi connectivity index (χ0v) is 30.4. The zero-order valence-electron chi connectivity index (χ0n) is 30.4. The molecule has 2 aliphatic rings. The van der Waals surface area contributed by atoms with Gasteiger partial charge in [-0.1, -0.05) is 122 Å². The molecule has 0 amide bonds. The van der Waals surface area contributed by atoms with Crippen molar-refractivity contribution in [1.29, 1.82) is 0 Å². The molecule has 4 rings (SSSR count). The first-order chi connectivity index (χ1) is 20.8. The van der Waals surface area contributed by atoms with Crippen molar-refractivity contribution >= 4 is 17.1 Å². The monoisotopic (exact) mass is 597 g/mol. The molecule has 2 aromatic carbocycles. The zero-order chi connectivity index (χ0) is 33.4. The van der Waals surface area contributed by atoms with Crippen molar-refractivity contribution < 1.29 is 0 Å². The highest BCUT2D eigenvalue weighted by atomic mass is 14.9. The van der Waals surface area contributed by atoms with Crippen LogP contribution in [-0.4, -0.2) is 5.71 Å². The summed E-state index contributed by atoms with van der Waals surface area (Å²) in [5, 5.41) is 3.53. The number of hydrogen-bond donors (Lipinski definition) is 1. The SMILES string of the molecule is C=C(C)C.C=C(Nc1ccc(C(C)=Nc2cc(C3CCCC3)ccc2C)cc1)C1C(C)=CC=CC1C.CC.CC(C)C(C)C. The third-order valence-corrected chi connectivity index (χ3v) is 8.45.